The molecular formula is C16H17BrFN3. The van der Waals surface area contributed by atoms with Crippen molar-refractivity contribution in [3.8, 4) is 11.4 Å². The maximum absolute atomic E-state index is 13.4. The number of rotatable bonds is 4. The summed E-state index contributed by atoms with van der Waals surface area (Å²) in [6.07, 6.45) is 2.51. The first-order valence-corrected chi connectivity index (χ1v) is 7.87. The van der Waals surface area contributed by atoms with Gasteiger partial charge in [0, 0.05) is 39.6 Å². The average molecular weight is 350 g/mol. The first-order valence-electron chi connectivity index (χ1n) is 7.07. The maximum Gasteiger partial charge on any atom is 0.160 e. The fourth-order valence-corrected chi connectivity index (χ4v) is 2.74. The van der Waals surface area contributed by atoms with Crippen molar-refractivity contribution in [1.82, 2.24) is 15.3 Å². The molecule has 1 aliphatic rings. The van der Waals surface area contributed by atoms with Gasteiger partial charge < -0.3 is 5.32 Å². The molecule has 0 bridgehead atoms. The van der Waals surface area contributed by atoms with Crippen molar-refractivity contribution < 1.29 is 4.39 Å². The molecule has 0 amide bonds. The Morgan fingerprint density at radius 3 is 2.52 bits per heavy atom. The number of benzene rings is 1. The molecule has 1 aromatic carbocycles. The summed E-state index contributed by atoms with van der Waals surface area (Å²) >= 11 is 3.43. The zero-order valence-corrected chi connectivity index (χ0v) is 13.7. The van der Waals surface area contributed by atoms with E-state index in [0.29, 0.717) is 17.4 Å². The molecule has 2 aromatic rings. The predicted molar refractivity (Wildman–Crippen MR) is 84.5 cm³/mol. The van der Waals surface area contributed by atoms with Crippen molar-refractivity contribution in [1.29, 1.82) is 0 Å². The van der Waals surface area contributed by atoms with Crippen molar-refractivity contribution in [2.24, 2.45) is 0 Å². The Labute approximate surface area is 132 Å². The molecule has 5 heteroatoms. The van der Waals surface area contributed by atoms with Crippen LogP contribution < -0.4 is 5.32 Å². The van der Waals surface area contributed by atoms with E-state index in [9.17, 15) is 4.39 Å². The molecule has 1 aromatic heterocycles. The highest BCUT2D eigenvalue weighted by Gasteiger charge is 2.21. The van der Waals surface area contributed by atoms with Crippen molar-refractivity contribution in [3.05, 3.63) is 45.4 Å². The normalized spacial score (nSPS) is 14.5. The Morgan fingerprint density at radius 2 is 1.90 bits per heavy atom. The number of nitrogens with one attached hydrogen (secondary N) is 1. The monoisotopic (exact) mass is 349 g/mol. The van der Waals surface area contributed by atoms with Gasteiger partial charge in [0.2, 0.25) is 0 Å². The van der Waals surface area contributed by atoms with E-state index >= 15 is 0 Å². The summed E-state index contributed by atoms with van der Waals surface area (Å²) in [5, 5.41) is 3.49. The number of hydrogen-bond donors (Lipinski definition) is 1. The van der Waals surface area contributed by atoms with E-state index in [0.717, 1.165) is 28.0 Å². The quantitative estimate of drug-likeness (QED) is 0.909. The van der Waals surface area contributed by atoms with Crippen LogP contribution in [0.1, 0.15) is 29.8 Å². The molecule has 0 aliphatic heterocycles. The van der Waals surface area contributed by atoms with Crippen LogP contribution in [-0.4, -0.2) is 16.0 Å². The predicted octanol–water partition coefficient (Wildman–Crippen LogP) is 3.91. The lowest BCUT2D eigenvalue weighted by Crippen LogP contribution is -2.18. The van der Waals surface area contributed by atoms with E-state index in [2.05, 4.69) is 31.2 Å². The third-order valence-corrected chi connectivity index (χ3v) is 4.43. The zero-order chi connectivity index (χ0) is 15.0. The van der Waals surface area contributed by atoms with Gasteiger partial charge in [-0.05, 0) is 44.9 Å². The SMILES string of the molecule is Cc1nc(-c2cc(F)ccc2Br)nc(C)c1CNC1CC1. The van der Waals surface area contributed by atoms with E-state index in [1.165, 1.54) is 25.0 Å². The van der Waals surface area contributed by atoms with Crippen molar-refractivity contribution >= 4 is 15.9 Å². The van der Waals surface area contributed by atoms with Gasteiger partial charge in [0.25, 0.3) is 0 Å². The minimum Gasteiger partial charge on any atom is -0.310 e. The van der Waals surface area contributed by atoms with Gasteiger partial charge in [-0.25, -0.2) is 14.4 Å². The average Bonchev–Trinajstić information content (AvgIpc) is 3.24. The van der Waals surface area contributed by atoms with Crippen LogP contribution in [0.2, 0.25) is 0 Å². The van der Waals surface area contributed by atoms with Crippen LogP contribution in [0, 0.1) is 19.7 Å². The number of halogens is 2. The summed E-state index contributed by atoms with van der Waals surface area (Å²) in [6, 6.07) is 5.21. The second-order valence-corrected chi connectivity index (χ2v) is 6.33. The second-order valence-electron chi connectivity index (χ2n) is 5.48. The summed E-state index contributed by atoms with van der Waals surface area (Å²) in [7, 11) is 0. The summed E-state index contributed by atoms with van der Waals surface area (Å²) in [5.74, 6) is 0.276. The van der Waals surface area contributed by atoms with Gasteiger partial charge in [0.1, 0.15) is 5.82 Å². The Morgan fingerprint density at radius 1 is 1.24 bits per heavy atom. The van der Waals surface area contributed by atoms with Crippen LogP contribution in [0.4, 0.5) is 4.39 Å². The molecular weight excluding hydrogens is 333 g/mol. The Balaban J connectivity index is 1.94. The molecule has 0 radical (unpaired) electrons. The third-order valence-electron chi connectivity index (χ3n) is 3.73. The molecule has 1 N–H and O–H groups in total. The molecule has 21 heavy (non-hydrogen) atoms. The third kappa shape index (κ3) is 3.30. The first kappa shape index (κ1) is 14.6. The molecule has 3 rings (SSSR count). The fourth-order valence-electron chi connectivity index (χ4n) is 2.32. The van der Waals surface area contributed by atoms with E-state index in [4.69, 9.17) is 0 Å². The summed E-state index contributed by atoms with van der Waals surface area (Å²) in [5.41, 5.74) is 3.71. The molecule has 0 spiro atoms. The van der Waals surface area contributed by atoms with Gasteiger partial charge in [-0.3, -0.25) is 0 Å². The van der Waals surface area contributed by atoms with E-state index in [1.807, 2.05) is 13.8 Å². The van der Waals surface area contributed by atoms with Gasteiger partial charge in [-0.15, -0.1) is 0 Å². The Kier molecular flexibility index (Phi) is 4.04. The van der Waals surface area contributed by atoms with Crippen LogP contribution in [0.5, 0.6) is 0 Å². The van der Waals surface area contributed by atoms with Crippen LogP contribution >= 0.6 is 15.9 Å². The fraction of sp³-hybridized carbons (Fsp3) is 0.375. The minimum atomic E-state index is -0.286. The lowest BCUT2D eigenvalue weighted by Gasteiger charge is -2.12. The molecule has 1 saturated carbocycles. The van der Waals surface area contributed by atoms with Crippen molar-refractivity contribution in [2.75, 3.05) is 0 Å². The van der Waals surface area contributed by atoms with E-state index in [1.54, 1.807) is 6.07 Å². The lowest BCUT2D eigenvalue weighted by molar-refractivity contribution is 0.627. The number of aryl methyl sites for hydroxylation is 2. The molecule has 0 saturated heterocycles. The van der Waals surface area contributed by atoms with Crippen LogP contribution in [-0.2, 0) is 6.54 Å². The molecule has 0 unspecified atom stereocenters. The molecule has 3 nitrogen and oxygen atoms in total. The second kappa shape index (κ2) is 5.81. The van der Waals surface area contributed by atoms with Gasteiger partial charge in [-0.2, -0.15) is 0 Å². The highest BCUT2D eigenvalue weighted by molar-refractivity contribution is 9.10. The van der Waals surface area contributed by atoms with Crippen molar-refractivity contribution in [3.63, 3.8) is 0 Å². The maximum atomic E-state index is 13.4. The van der Waals surface area contributed by atoms with E-state index < -0.39 is 0 Å². The minimum absolute atomic E-state index is 0.286. The van der Waals surface area contributed by atoms with Crippen LogP contribution in [0.3, 0.4) is 0 Å². The standard InChI is InChI=1S/C16H17BrFN3/c1-9-14(8-19-12-4-5-12)10(2)21-16(20-9)13-7-11(18)3-6-15(13)17/h3,6-7,12,19H,4-5,8H2,1-2H3. The number of nitrogens with zero attached hydrogens (tertiary/aromatic N) is 2. The van der Waals surface area contributed by atoms with Gasteiger partial charge >= 0.3 is 0 Å². The van der Waals surface area contributed by atoms with Gasteiger partial charge in [0.15, 0.2) is 5.82 Å². The lowest BCUT2D eigenvalue weighted by atomic mass is 10.1. The molecule has 1 fully saturated rings. The van der Waals surface area contributed by atoms with Crippen LogP contribution in [0.15, 0.2) is 22.7 Å². The molecule has 110 valence electrons. The van der Waals surface area contributed by atoms with E-state index in [-0.39, 0.29) is 5.82 Å². The number of aromatic nitrogens is 2. The van der Waals surface area contributed by atoms with Gasteiger partial charge in [0.05, 0.1) is 0 Å². The largest absolute Gasteiger partial charge is 0.310 e. The number of hydrogen-bond acceptors (Lipinski definition) is 3. The van der Waals surface area contributed by atoms with Gasteiger partial charge in [-0.1, -0.05) is 15.9 Å². The Bertz CT molecular complexity index is 660. The highest BCUT2D eigenvalue weighted by Crippen LogP contribution is 2.28. The topological polar surface area (TPSA) is 37.8 Å². The smallest absolute Gasteiger partial charge is 0.160 e. The summed E-state index contributed by atoms with van der Waals surface area (Å²) < 4.78 is 14.2. The summed E-state index contributed by atoms with van der Waals surface area (Å²) in [6.45, 7) is 4.76. The van der Waals surface area contributed by atoms with Crippen molar-refractivity contribution in [2.45, 2.75) is 39.3 Å². The first-order chi connectivity index (χ1) is 10.0. The summed E-state index contributed by atoms with van der Waals surface area (Å²) in [4.78, 5) is 9.11. The Hall–Kier alpha value is -1.33. The molecule has 0 atom stereocenters. The zero-order valence-electron chi connectivity index (χ0n) is 12.1. The molecule has 1 heterocycles. The highest BCUT2D eigenvalue weighted by atomic mass is 79.9. The van der Waals surface area contributed by atoms with Crippen LogP contribution in [0.25, 0.3) is 11.4 Å². The molecule has 1 aliphatic carbocycles.